The molecule has 0 aromatic rings. The third-order valence-electron chi connectivity index (χ3n) is 0.164. The van der Waals surface area contributed by atoms with Gasteiger partial charge in [-0.15, -0.1) is 5.11 Å². The quantitative estimate of drug-likeness (QED) is 0.170. The number of hydrazone groups is 1. The maximum Gasteiger partial charge on any atom is 0.158 e. The van der Waals surface area contributed by atoms with E-state index in [1.54, 1.807) is 0 Å². The zero-order valence-electron chi connectivity index (χ0n) is 2.85. The second-order valence-corrected chi connectivity index (χ2v) is 0.941. The zero-order valence-corrected chi connectivity index (χ0v) is 5.01. The van der Waals surface area contributed by atoms with Gasteiger partial charge < -0.3 is 0 Å². The summed E-state index contributed by atoms with van der Waals surface area (Å²) in [5.41, 5.74) is 6.14. The first-order chi connectivity index (χ1) is 2.91. The third-order valence-corrected chi connectivity index (χ3v) is 0.443. The van der Waals surface area contributed by atoms with Gasteiger partial charge in [-0.25, -0.2) is 9.17 Å². The van der Waals surface area contributed by atoms with Crippen molar-refractivity contribution in [3.8, 4) is 0 Å². The largest absolute Gasteiger partial charge is 0.248 e. The van der Waals surface area contributed by atoms with E-state index in [0.717, 1.165) is 6.34 Å². The number of rotatable bonds is 2. The zero-order chi connectivity index (χ0) is 4.83. The Labute approximate surface area is 49.0 Å². The molecule has 0 spiro atoms. The van der Waals surface area contributed by atoms with Crippen molar-refractivity contribution in [2.24, 2.45) is 10.2 Å². The lowest BCUT2D eigenvalue weighted by Gasteiger charge is -1.72. The summed E-state index contributed by atoms with van der Waals surface area (Å²) >= 11 is 1.82. The van der Waals surface area contributed by atoms with E-state index in [0.29, 0.717) is 0 Å². The molecule has 5 heteroatoms. The van der Waals surface area contributed by atoms with E-state index < -0.39 is 0 Å². The second kappa shape index (κ2) is 4.80. The molecule has 0 atom stereocenters. The molecule has 2 N–H and O–H groups in total. The molecular weight excluding hydrogens is 195 g/mol. The van der Waals surface area contributed by atoms with Gasteiger partial charge in [0.2, 0.25) is 0 Å². The minimum Gasteiger partial charge on any atom is -0.248 e. The van der Waals surface area contributed by atoms with Gasteiger partial charge in [0.15, 0.2) is 6.34 Å². The maximum absolute atomic E-state index is 6.14. The van der Waals surface area contributed by atoms with Gasteiger partial charge in [0.25, 0.3) is 0 Å². The second-order valence-electron chi connectivity index (χ2n) is 0.458. The number of nitrogens with zero attached hydrogens (tertiary/aromatic N) is 2. The first-order valence-corrected chi connectivity index (χ1v) is 2.23. The molecule has 0 amide bonds. The Balaban J connectivity index is 2.94. The summed E-state index contributed by atoms with van der Waals surface area (Å²) < 4.78 is 2.39. The summed E-state index contributed by atoms with van der Waals surface area (Å²) in [5, 5.41) is 6.16. The highest BCUT2D eigenvalue weighted by atomic mass is 127. The lowest BCUT2D eigenvalue weighted by Crippen LogP contribution is -1.78. The van der Waals surface area contributed by atoms with Crippen LogP contribution >= 0.6 is 22.9 Å². The van der Waals surface area contributed by atoms with Crippen LogP contribution in [0.3, 0.4) is 0 Å². The molecule has 0 saturated heterocycles. The highest BCUT2D eigenvalue weighted by molar-refractivity contribution is 14.1. The van der Waals surface area contributed by atoms with Crippen LogP contribution in [0.15, 0.2) is 10.2 Å². The van der Waals surface area contributed by atoms with Crippen molar-refractivity contribution in [1.82, 2.24) is 3.64 Å². The molecule has 0 heterocycles. The van der Waals surface area contributed by atoms with Crippen molar-refractivity contribution in [2.45, 2.75) is 0 Å². The molecule has 34 valence electrons. The minimum absolute atomic E-state index is 1.10. The highest BCUT2D eigenvalue weighted by Crippen LogP contribution is 1.64. The molecule has 0 unspecified atom stereocenters. The van der Waals surface area contributed by atoms with Gasteiger partial charge in [-0.3, -0.25) is 0 Å². The van der Waals surface area contributed by atoms with Crippen molar-refractivity contribution in [3.05, 3.63) is 0 Å². The summed E-state index contributed by atoms with van der Waals surface area (Å²) in [6.07, 6.45) is 1.10. The predicted octanol–water partition coefficient (Wildman–Crippen LogP) is 0.900. The summed E-state index contributed by atoms with van der Waals surface area (Å²) in [7, 11) is 0. The van der Waals surface area contributed by atoms with Crippen molar-refractivity contribution in [3.63, 3.8) is 0 Å². The van der Waals surface area contributed by atoms with Crippen LogP contribution in [0.2, 0.25) is 0 Å². The van der Waals surface area contributed by atoms with E-state index >= 15 is 0 Å². The van der Waals surface area contributed by atoms with Crippen LogP contribution < -0.4 is 3.64 Å². The summed E-state index contributed by atoms with van der Waals surface area (Å²) in [6.45, 7) is 0. The number of halogens is 1. The van der Waals surface area contributed by atoms with Crippen LogP contribution in [-0.4, -0.2) is 6.34 Å². The standard InChI is InChI=1S/CH3IN4/c2-6-5-1-4-3/h1,3,6H/b4-3?,5-1+. The summed E-state index contributed by atoms with van der Waals surface area (Å²) in [6, 6.07) is 0. The third kappa shape index (κ3) is 3.80. The fourth-order valence-corrected chi connectivity index (χ4v) is 0.175. The van der Waals surface area contributed by atoms with E-state index in [1.165, 1.54) is 0 Å². The fraction of sp³-hybridized carbons (Fsp3) is 0. The lowest BCUT2D eigenvalue weighted by molar-refractivity contribution is 1.13. The Bertz CT molecular complexity index is 58.6. The Morgan fingerprint density at radius 3 is 2.67 bits per heavy atom. The Hall–Kier alpha value is -0.200. The molecule has 6 heavy (non-hydrogen) atoms. The molecule has 0 aromatic carbocycles. The van der Waals surface area contributed by atoms with E-state index in [-0.39, 0.29) is 0 Å². The molecule has 0 aliphatic carbocycles. The van der Waals surface area contributed by atoms with Crippen LogP contribution in [-0.2, 0) is 0 Å². The average molecular weight is 198 g/mol. The van der Waals surface area contributed by atoms with E-state index in [9.17, 15) is 0 Å². The highest BCUT2D eigenvalue weighted by Gasteiger charge is 1.53. The summed E-state index contributed by atoms with van der Waals surface area (Å²) in [4.78, 5) is 0. The minimum atomic E-state index is 1.10. The predicted molar refractivity (Wildman–Crippen MR) is 30.8 cm³/mol. The molecule has 0 aliphatic heterocycles. The molecule has 0 saturated carbocycles. The monoisotopic (exact) mass is 198 g/mol. The van der Waals surface area contributed by atoms with Crippen LogP contribution in [0.4, 0.5) is 0 Å². The van der Waals surface area contributed by atoms with E-state index in [2.05, 4.69) is 13.9 Å². The van der Waals surface area contributed by atoms with E-state index in [1.807, 2.05) is 22.9 Å². The Morgan fingerprint density at radius 1 is 1.83 bits per heavy atom. The van der Waals surface area contributed by atoms with Gasteiger partial charge in [0.1, 0.15) is 0 Å². The normalized spacial score (nSPS) is 8.83. The number of nitrogens with one attached hydrogen (secondary N) is 2. The fourth-order valence-electron chi connectivity index (χ4n) is 0.0507. The summed E-state index contributed by atoms with van der Waals surface area (Å²) in [5.74, 6) is 0. The average Bonchev–Trinajstić information content (AvgIpc) is 1.61. The SMILES string of the molecule is N=N/C=N/NI. The lowest BCUT2D eigenvalue weighted by atomic mass is 11.4. The Kier molecular flexibility index (Phi) is 4.64. The molecule has 0 fully saturated rings. The van der Waals surface area contributed by atoms with E-state index in [4.69, 9.17) is 5.53 Å². The number of hydrogen-bond acceptors (Lipinski definition) is 3. The molecule has 0 aliphatic rings. The molecule has 0 radical (unpaired) electrons. The number of hydrogen-bond donors (Lipinski definition) is 2. The van der Waals surface area contributed by atoms with Gasteiger partial charge in [0.05, 0.1) is 22.9 Å². The molecular formula is CH3IN4. The van der Waals surface area contributed by atoms with Gasteiger partial charge in [-0.05, 0) is 0 Å². The van der Waals surface area contributed by atoms with Crippen LogP contribution in [0.5, 0.6) is 0 Å². The van der Waals surface area contributed by atoms with Gasteiger partial charge >= 0.3 is 0 Å². The topological polar surface area (TPSA) is 60.6 Å². The van der Waals surface area contributed by atoms with Crippen LogP contribution in [0, 0.1) is 5.53 Å². The van der Waals surface area contributed by atoms with Crippen molar-refractivity contribution in [1.29, 1.82) is 5.53 Å². The van der Waals surface area contributed by atoms with Crippen LogP contribution in [0.25, 0.3) is 0 Å². The van der Waals surface area contributed by atoms with Gasteiger partial charge in [-0.2, -0.15) is 5.10 Å². The van der Waals surface area contributed by atoms with Gasteiger partial charge in [-0.1, -0.05) is 0 Å². The van der Waals surface area contributed by atoms with Crippen molar-refractivity contribution < 1.29 is 0 Å². The first kappa shape index (κ1) is 5.80. The smallest absolute Gasteiger partial charge is 0.158 e. The van der Waals surface area contributed by atoms with Crippen LogP contribution in [0.1, 0.15) is 0 Å². The Morgan fingerprint density at radius 2 is 2.50 bits per heavy atom. The molecule has 0 rings (SSSR count). The molecule has 0 bridgehead atoms. The molecule has 0 aromatic heterocycles. The van der Waals surface area contributed by atoms with Crippen molar-refractivity contribution in [2.75, 3.05) is 0 Å². The maximum atomic E-state index is 6.14. The van der Waals surface area contributed by atoms with Crippen molar-refractivity contribution >= 4 is 29.2 Å². The molecule has 4 nitrogen and oxygen atoms in total. The first-order valence-electron chi connectivity index (χ1n) is 1.15. The van der Waals surface area contributed by atoms with Gasteiger partial charge in [0, 0.05) is 0 Å².